The fraction of sp³-hybridized carbons (Fsp3) is 0.407. The summed E-state index contributed by atoms with van der Waals surface area (Å²) in [5.41, 5.74) is 57.6. The number of nitrogens with two attached hydrogens (primary N) is 6. The summed E-state index contributed by atoms with van der Waals surface area (Å²) in [6.07, 6.45) is 51.6. The highest BCUT2D eigenvalue weighted by Crippen LogP contribution is 2.42. The molecule has 0 saturated carbocycles. The Labute approximate surface area is 820 Å². The zero-order chi connectivity index (χ0) is 96.6. The van der Waals surface area contributed by atoms with Gasteiger partial charge in [0, 0.05) is 222 Å². The average Bonchev–Trinajstić information content (AvgIpc) is 1.63. The van der Waals surface area contributed by atoms with E-state index in [1.807, 2.05) is 104 Å². The second-order valence-corrected chi connectivity index (χ2v) is 43.3. The molecule has 0 aliphatic carbocycles. The Morgan fingerprint density at radius 1 is 0.338 bits per heavy atom. The van der Waals surface area contributed by atoms with Crippen molar-refractivity contribution in [3.8, 4) is 66.8 Å². The maximum atomic E-state index is 12.4. The smallest absolute Gasteiger partial charge is 0.165 e. The first-order valence-corrected chi connectivity index (χ1v) is 52.6. The molecule has 8 unspecified atom stereocenters. The van der Waals surface area contributed by atoms with Crippen molar-refractivity contribution in [3.05, 3.63) is 179 Å². The molecule has 6 saturated heterocycles. The highest BCUT2D eigenvalue weighted by molar-refractivity contribution is 9.11. The molecule has 726 valence electrons. The third-order valence-corrected chi connectivity index (χ3v) is 33.5. The average molecular weight is 2070 g/mol. The van der Waals surface area contributed by atoms with E-state index >= 15 is 0 Å². The van der Waals surface area contributed by atoms with Crippen molar-refractivity contribution in [1.29, 1.82) is 0 Å². The Morgan fingerprint density at radius 3 is 1.02 bits per heavy atom. The minimum atomic E-state index is -3.18. The topological polar surface area (TPSA) is 549 Å². The Balaban J connectivity index is 0.000000106. The van der Waals surface area contributed by atoms with E-state index in [4.69, 9.17) is 59.3 Å². The molecular formula is C91H111Br2N39O4S3. The number of piperidine rings is 2. The van der Waals surface area contributed by atoms with E-state index in [1.165, 1.54) is 43.0 Å². The number of halogens is 2. The van der Waals surface area contributed by atoms with Crippen LogP contribution in [-0.4, -0.2) is 207 Å². The third kappa shape index (κ3) is 19.9. The summed E-state index contributed by atoms with van der Waals surface area (Å²) in [5.74, 6) is 5.24. The molecule has 0 amide bonds. The van der Waals surface area contributed by atoms with Gasteiger partial charge >= 0.3 is 0 Å². The van der Waals surface area contributed by atoms with E-state index in [0.717, 1.165) is 223 Å². The lowest BCUT2D eigenvalue weighted by Crippen LogP contribution is -2.28. The standard InChI is InChI=1S/C16H20BrN7.C15H18BrN7.C15H19N7.C15H18N6O2S.2C15H18N6OS/c1-23-9-11(7-20-23)12-8-21-24-15(18)13(17)14(22-16(12)24)10-4-2-3-5-19-6-10;1-22-8-9(6-19-22)10-7-20-23-14(17)12(16)13(21-15(10)23)11-4-2-3-5-18-11;1-21-9-10(7-18-21)11-8-19-22-14(16)6-13(20-15(11)22)12-4-2-3-5-17-12;1-20-9-10(7-17-20)11-8-18-21-14(16)6-12(19-15(11)21)13-4-2-3-5-24(13,22)23;2*1-20-9-10(7-17-20)11-8-18-21-14(16)6-12(19-15(11)21)13-4-2-3-5-23(13)22/h7-10,19H,2-6,18H2,1H3;6-8,11,18H,2-5,17H2,1H3;6-9,12,17H,2-5,16H2,1H3;6-9,13H,2-5,16H2,1H3;2*6-9,13H,2-5,16H2,1H3. The molecule has 6 fully saturated rings. The van der Waals surface area contributed by atoms with Crippen LogP contribution in [0.4, 0.5) is 34.9 Å². The van der Waals surface area contributed by atoms with Gasteiger partial charge in [-0.3, -0.25) is 36.5 Å². The Bertz CT molecular complexity index is 7530. The normalized spacial score (nSPS) is 20.1. The lowest BCUT2D eigenvalue weighted by molar-refractivity contribution is 0.404. The predicted molar refractivity (Wildman–Crippen MR) is 541 cm³/mol. The molecule has 0 bridgehead atoms. The van der Waals surface area contributed by atoms with Crippen molar-refractivity contribution >= 4 is 132 Å². The van der Waals surface area contributed by atoms with Gasteiger partial charge in [-0.25, -0.2) is 38.3 Å². The molecule has 18 aromatic heterocycles. The highest BCUT2D eigenvalue weighted by Gasteiger charge is 2.35. The summed E-state index contributed by atoms with van der Waals surface area (Å²) < 4.78 is 71.5. The number of rotatable bonds is 12. The van der Waals surface area contributed by atoms with Gasteiger partial charge in [-0.05, 0) is 129 Å². The first-order chi connectivity index (χ1) is 67.2. The molecule has 0 spiro atoms. The molecule has 24 rings (SSSR count). The predicted octanol–water partition coefficient (Wildman–Crippen LogP) is 10.9. The van der Waals surface area contributed by atoms with E-state index in [-0.39, 0.29) is 28.3 Å². The van der Waals surface area contributed by atoms with Crippen molar-refractivity contribution < 1.29 is 16.8 Å². The number of nitrogens with zero attached hydrogens (tertiary/aromatic N) is 30. The molecular weight excluding hydrogens is 1960 g/mol. The van der Waals surface area contributed by atoms with Crippen LogP contribution in [0.3, 0.4) is 0 Å². The number of nitrogen functional groups attached to an aromatic ring is 6. The molecule has 24 heterocycles. The van der Waals surface area contributed by atoms with Crippen LogP contribution in [-0.2, 0) is 73.7 Å². The van der Waals surface area contributed by atoms with Crippen LogP contribution in [0.1, 0.15) is 183 Å². The van der Waals surface area contributed by atoms with E-state index in [1.54, 1.807) is 125 Å². The summed E-state index contributed by atoms with van der Waals surface area (Å²) in [6, 6.07) is 7.66. The van der Waals surface area contributed by atoms with Gasteiger partial charge in [-0.2, -0.15) is 88.3 Å². The number of hydrogen-bond donors (Lipinski definition) is 9. The van der Waals surface area contributed by atoms with Gasteiger partial charge in [0.1, 0.15) is 40.2 Å². The first kappa shape index (κ1) is 94.8. The number of sulfone groups is 1. The van der Waals surface area contributed by atoms with Gasteiger partial charge in [0.2, 0.25) is 0 Å². The summed E-state index contributed by atoms with van der Waals surface area (Å²) in [5, 5.41) is 61.2. The molecule has 0 aromatic carbocycles. The minimum absolute atomic E-state index is 0.0345. The molecule has 18 aromatic rings. The van der Waals surface area contributed by atoms with Crippen LogP contribution < -0.4 is 50.4 Å². The van der Waals surface area contributed by atoms with Crippen molar-refractivity contribution in [2.75, 3.05) is 77.8 Å². The maximum Gasteiger partial charge on any atom is 0.165 e. The largest absolute Gasteiger partial charge is 0.384 e. The lowest BCUT2D eigenvalue weighted by Gasteiger charge is -2.24. The quantitative estimate of drug-likeness (QED) is 0.0548. The van der Waals surface area contributed by atoms with Gasteiger partial charge in [0.15, 0.2) is 43.7 Å². The van der Waals surface area contributed by atoms with Crippen molar-refractivity contribution in [2.45, 2.75) is 149 Å². The zero-order valence-electron chi connectivity index (χ0n) is 77.8. The maximum absolute atomic E-state index is 12.4. The van der Waals surface area contributed by atoms with Crippen LogP contribution in [0.15, 0.2) is 145 Å². The molecule has 139 heavy (non-hydrogen) atoms. The monoisotopic (exact) mass is 2070 g/mol. The second kappa shape index (κ2) is 40.7. The highest BCUT2D eigenvalue weighted by atomic mass is 79.9. The summed E-state index contributed by atoms with van der Waals surface area (Å²) in [4.78, 5) is 28.7. The number of aryl methyl sites for hydroxylation is 6. The van der Waals surface area contributed by atoms with E-state index < -0.39 is 36.7 Å². The first-order valence-electron chi connectivity index (χ1n) is 46.5. The molecule has 6 aliphatic heterocycles. The number of nitrogens with one attached hydrogen (secondary N) is 3. The van der Waals surface area contributed by atoms with Gasteiger partial charge in [-0.1, -0.05) is 38.5 Å². The van der Waals surface area contributed by atoms with Crippen molar-refractivity contribution in [2.24, 2.45) is 42.3 Å². The van der Waals surface area contributed by atoms with E-state index in [9.17, 15) is 16.8 Å². The van der Waals surface area contributed by atoms with Crippen LogP contribution in [0, 0.1) is 0 Å². The zero-order valence-corrected chi connectivity index (χ0v) is 83.5. The number of anilines is 6. The van der Waals surface area contributed by atoms with Gasteiger partial charge in [0.05, 0.1) is 140 Å². The Morgan fingerprint density at radius 2 is 0.655 bits per heavy atom. The number of aromatic nitrogens is 30. The third-order valence-electron chi connectivity index (χ3n) is 26.0. The molecule has 48 heteroatoms. The fourth-order valence-electron chi connectivity index (χ4n) is 18.8. The van der Waals surface area contributed by atoms with Crippen molar-refractivity contribution in [3.63, 3.8) is 0 Å². The molecule has 0 radical (unpaired) electrons. The SMILES string of the molecule is Cn1cc(-c2cnn3c(N)c(Br)c(C4CCCCN4)nc23)cn1.Cn1cc(-c2cnn3c(N)c(Br)c(C4CCCCNC4)nc23)cn1.Cn1cc(-c2cnn3c(N)cc(C4CCCCN4)nc23)cn1.Cn1cc(-c2cnn3c(N)cc(C4CCCCS4(=O)=O)nc23)cn1.Cn1cc(-c2cnn3c(N)cc(C4CCCCS4=O)nc23)cn1.Cn1cc(-c2cnn3c(N)cc(C4CCCCS4=O)nc23)cn1. The molecule has 43 nitrogen and oxygen atoms in total. The van der Waals surface area contributed by atoms with Crippen LogP contribution in [0.2, 0.25) is 0 Å². The number of fused-ring (bicyclic) bond motifs is 6. The van der Waals surface area contributed by atoms with E-state index in [2.05, 4.69) is 114 Å². The van der Waals surface area contributed by atoms with Crippen LogP contribution in [0.25, 0.3) is 101 Å². The van der Waals surface area contributed by atoms with E-state index in [0.29, 0.717) is 76.3 Å². The number of hydrogen-bond acceptors (Lipinski definition) is 31. The summed E-state index contributed by atoms with van der Waals surface area (Å²) in [6.45, 7) is 4.04. The Kier molecular flexibility index (Phi) is 27.8. The fourth-order valence-corrected chi connectivity index (χ4v) is 25.0. The van der Waals surface area contributed by atoms with Crippen LogP contribution in [0.5, 0.6) is 0 Å². The van der Waals surface area contributed by atoms with Gasteiger partial charge in [-0.15, -0.1) is 0 Å². The Hall–Kier alpha value is -13.1. The molecule has 8 atom stereocenters. The summed E-state index contributed by atoms with van der Waals surface area (Å²) >= 11 is 7.24. The van der Waals surface area contributed by atoms with Crippen molar-refractivity contribution in [1.82, 2.24) is 162 Å². The molecule has 15 N–H and O–H groups in total. The van der Waals surface area contributed by atoms with Gasteiger partial charge < -0.3 is 50.4 Å². The molecule has 6 aliphatic rings. The van der Waals surface area contributed by atoms with Crippen LogP contribution >= 0.6 is 31.9 Å². The second-order valence-electron chi connectivity index (χ2n) is 35.9. The minimum Gasteiger partial charge on any atom is -0.384 e. The summed E-state index contributed by atoms with van der Waals surface area (Å²) in [7, 11) is 6.32. The lowest BCUT2D eigenvalue weighted by atomic mass is 9.99. The van der Waals surface area contributed by atoms with Gasteiger partial charge in [0.25, 0.3) is 0 Å².